The van der Waals surface area contributed by atoms with Gasteiger partial charge in [-0.2, -0.15) is 5.26 Å². The fourth-order valence-corrected chi connectivity index (χ4v) is 6.24. The molecule has 0 radical (unpaired) electrons. The molecule has 2 aliphatic heterocycles. The Morgan fingerprint density at radius 1 is 0.872 bits per heavy atom. The fourth-order valence-electron chi connectivity index (χ4n) is 6.04. The van der Waals surface area contributed by atoms with Crippen molar-refractivity contribution in [3.63, 3.8) is 0 Å². The number of benzene rings is 3. The standard InChI is InChI=1S/C34H38ClN3O/c35-33-6-2-1-5-32(33)25-38-18-14-26(15-19-38)4-3-7-34(39)31-13-12-29-16-20-37(21-17-30(29)22-31)24-28-10-8-27(23-36)9-11-28/h1-2,5-6,8-13,22,26H,3-4,7,14-21,24-25H2. The smallest absolute Gasteiger partial charge is 0.162 e. The fraction of sp³-hybridized carbons (Fsp3) is 0.412. The average molecular weight is 540 g/mol. The number of carbonyl (C=O) groups excluding carboxylic acids is 1. The summed E-state index contributed by atoms with van der Waals surface area (Å²) in [6.07, 6.45) is 7.15. The van der Waals surface area contributed by atoms with E-state index in [4.69, 9.17) is 16.9 Å². The lowest BCUT2D eigenvalue weighted by Gasteiger charge is -2.32. The lowest BCUT2D eigenvalue weighted by atomic mass is 9.90. The predicted molar refractivity (Wildman–Crippen MR) is 158 cm³/mol. The second kappa shape index (κ2) is 13.4. The van der Waals surface area contributed by atoms with E-state index in [9.17, 15) is 4.79 Å². The van der Waals surface area contributed by atoms with Gasteiger partial charge in [-0.25, -0.2) is 0 Å². The average Bonchev–Trinajstić information content (AvgIpc) is 3.17. The van der Waals surface area contributed by atoms with Crippen LogP contribution in [0.4, 0.5) is 0 Å². The maximum atomic E-state index is 13.0. The number of halogens is 1. The van der Waals surface area contributed by atoms with Crippen LogP contribution in [0.1, 0.15) is 70.3 Å². The van der Waals surface area contributed by atoms with Gasteiger partial charge in [0.2, 0.25) is 0 Å². The van der Waals surface area contributed by atoms with Gasteiger partial charge in [0, 0.05) is 43.2 Å². The Morgan fingerprint density at radius 2 is 1.59 bits per heavy atom. The molecule has 1 fully saturated rings. The van der Waals surface area contributed by atoms with E-state index in [-0.39, 0.29) is 5.78 Å². The van der Waals surface area contributed by atoms with E-state index >= 15 is 0 Å². The van der Waals surface area contributed by atoms with Crippen LogP contribution in [-0.2, 0) is 25.9 Å². The molecule has 0 spiro atoms. The molecule has 0 aromatic heterocycles. The first-order valence-electron chi connectivity index (χ1n) is 14.4. The molecule has 1 saturated heterocycles. The lowest BCUT2D eigenvalue weighted by Crippen LogP contribution is -2.33. The third-order valence-electron chi connectivity index (χ3n) is 8.49. The minimum atomic E-state index is 0.285. The second-order valence-corrected chi connectivity index (χ2v) is 11.6. The maximum Gasteiger partial charge on any atom is 0.162 e. The van der Waals surface area contributed by atoms with Crippen LogP contribution >= 0.6 is 11.6 Å². The van der Waals surface area contributed by atoms with Crippen molar-refractivity contribution in [3.8, 4) is 6.07 Å². The zero-order valence-corrected chi connectivity index (χ0v) is 23.5. The summed E-state index contributed by atoms with van der Waals surface area (Å²) in [6, 6.07) is 24.6. The highest BCUT2D eigenvalue weighted by Crippen LogP contribution is 2.26. The van der Waals surface area contributed by atoms with E-state index < -0.39 is 0 Å². The second-order valence-electron chi connectivity index (χ2n) is 11.2. The van der Waals surface area contributed by atoms with Gasteiger partial charge in [0.25, 0.3) is 0 Å². The molecule has 5 heteroatoms. The first-order chi connectivity index (χ1) is 19.1. The number of Topliss-reactive ketones (excluding diaryl/α,β-unsaturated/α-hetero) is 1. The van der Waals surface area contributed by atoms with Crippen molar-refractivity contribution in [1.82, 2.24) is 9.80 Å². The monoisotopic (exact) mass is 539 g/mol. The molecule has 0 unspecified atom stereocenters. The minimum absolute atomic E-state index is 0.285. The minimum Gasteiger partial charge on any atom is -0.299 e. The number of ketones is 1. The summed E-state index contributed by atoms with van der Waals surface area (Å²) in [5.41, 5.74) is 6.73. The largest absolute Gasteiger partial charge is 0.299 e. The van der Waals surface area contributed by atoms with Gasteiger partial charge in [0.05, 0.1) is 11.6 Å². The summed E-state index contributed by atoms with van der Waals surface area (Å²) in [4.78, 5) is 18.0. The van der Waals surface area contributed by atoms with Gasteiger partial charge < -0.3 is 0 Å². The van der Waals surface area contributed by atoms with Crippen molar-refractivity contribution in [1.29, 1.82) is 5.26 Å². The molecule has 202 valence electrons. The van der Waals surface area contributed by atoms with Gasteiger partial charge in [-0.15, -0.1) is 0 Å². The molecule has 4 nitrogen and oxygen atoms in total. The number of rotatable bonds is 9. The molecule has 0 bridgehead atoms. The summed E-state index contributed by atoms with van der Waals surface area (Å²) in [6.45, 7) is 6.03. The summed E-state index contributed by atoms with van der Waals surface area (Å²) in [5.74, 6) is 1.00. The molecule has 3 aromatic rings. The Labute approximate surface area is 238 Å². The zero-order valence-electron chi connectivity index (χ0n) is 22.7. The van der Waals surface area contributed by atoms with E-state index in [1.165, 1.54) is 35.1 Å². The normalized spacial score (nSPS) is 16.8. The van der Waals surface area contributed by atoms with Gasteiger partial charge in [-0.05, 0) is 104 Å². The van der Waals surface area contributed by atoms with Crippen LogP contribution in [0.25, 0.3) is 0 Å². The number of carbonyl (C=O) groups is 1. The first-order valence-corrected chi connectivity index (χ1v) is 14.8. The molecule has 2 heterocycles. The summed E-state index contributed by atoms with van der Waals surface area (Å²) in [7, 11) is 0. The first kappa shape index (κ1) is 27.6. The van der Waals surface area contributed by atoms with E-state index in [1.54, 1.807) is 0 Å². The van der Waals surface area contributed by atoms with E-state index in [2.05, 4.69) is 52.3 Å². The molecule has 0 amide bonds. The van der Waals surface area contributed by atoms with Crippen LogP contribution in [0.2, 0.25) is 5.02 Å². The molecular formula is C34H38ClN3O. The van der Waals surface area contributed by atoms with Crippen LogP contribution in [-0.4, -0.2) is 41.8 Å². The number of hydrogen-bond acceptors (Lipinski definition) is 4. The van der Waals surface area contributed by atoms with Gasteiger partial charge >= 0.3 is 0 Å². The van der Waals surface area contributed by atoms with Crippen LogP contribution < -0.4 is 0 Å². The lowest BCUT2D eigenvalue weighted by molar-refractivity contribution is 0.0974. The molecule has 3 aromatic carbocycles. The highest BCUT2D eigenvalue weighted by atomic mass is 35.5. The van der Waals surface area contributed by atoms with Gasteiger partial charge in [-0.3, -0.25) is 14.6 Å². The van der Waals surface area contributed by atoms with E-state index in [1.807, 2.05) is 30.3 Å². The molecular weight excluding hydrogens is 502 g/mol. The molecule has 5 rings (SSSR count). The van der Waals surface area contributed by atoms with Crippen molar-refractivity contribution in [2.75, 3.05) is 26.2 Å². The van der Waals surface area contributed by atoms with Crippen molar-refractivity contribution >= 4 is 17.4 Å². The van der Waals surface area contributed by atoms with Crippen LogP contribution in [0, 0.1) is 17.2 Å². The predicted octanol–water partition coefficient (Wildman–Crippen LogP) is 7.08. The molecule has 39 heavy (non-hydrogen) atoms. The Kier molecular flexibility index (Phi) is 9.48. The Balaban J connectivity index is 1.05. The number of hydrogen-bond donors (Lipinski definition) is 0. The number of piperidine rings is 1. The molecule has 2 aliphatic rings. The summed E-state index contributed by atoms with van der Waals surface area (Å²) in [5, 5.41) is 9.88. The summed E-state index contributed by atoms with van der Waals surface area (Å²) < 4.78 is 0. The van der Waals surface area contributed by atoms with Gasteiger partial charge in [0.15, 0.2) is 5.78 Å². The van der Waals surface area contributed by atoms with Crippen molar-refractivity contribution in [2.24, 2.45) is 5.92 Å². The molecule has 0 N–H and O–H groups in total. The highest BCUT2D eigenvalue weighted by Gasteiger charge is 2.21. The van der Waals surface area contributed by atoms with Crippen LogP contribution in [0.5, 0.6) is 0 Å². The quantitative estimate of drug-likeness (QED) is 0.273. The van der Waals surface area contributed by atoms with Crippen molar-refractivity contribution in [3.05, 3.63) is 105 Å². The van der Waals surface area contributed by atoms with Gasteiger partial charge in [0.1, 0.15) is 0 Å². The maximum absolute atomic E-state index is 13.0. The topological polar surface area (TPSA) is 47.3 Å². The Hall–Kier alpha value is -2.97. The number of fused-ring (bicyclic) bond motifs is 1. The van der Waals surface area contributed by atoms with Crippen molar-refractivity contribution < 1.29 is 4.79 Å². The number of likely N-dealkylation sites (tertiary alicyclic amines) is 1. The van der Waals surface area contributed by atoms with Crippen LogP contribution in [0.3, 0.4) is 0 Å². The van der Waals surface area contributed by atoms with Crippen molar-refractivity contribution in [2.45, 2.75) is 58.0 Å². The van der Waals surface area contributed by atoms with E-state index in [0.717, 1.165) is 81.5 Å². The third-order valence-corrected chi connectivity index (χ3v) is 8.86. The summed E-state index contributed by atoms with van der Waals surface area (Å²) >= 11 is 6.34. The third kappa shape index (κ3) is 7.57. The number of nitriles is 1. The highest BCUT2D eigenvalue weighted by molar-refractivity contribution is 6.31. The molecule has 0 aliphatic carbocycles. The molecule has 0 saturated carbocycles. The van der Waals surface area contributed by atoms with E-state index in [0.29, 0.717) is 12.0 Å². The Bertz CT molecular complexity index is 1300. The van der Waals surface area contributed by atoms with Crippen LogP contribution in [0.15, 0.2) is 66.7 Å². The molecule has 0 atom stereocenters. The zero-order chi connectivity index (χ0) is 27.0. The Morgan fingerprint density at radius 3 is 2.33 bits per heavy atom. The SMILES string of the molecule is N#Cc1ccc(CN2CCc3ccc(C(=O)CCCC4CCN(Cc5ccccc5Cl)CC4)cc3CC2)cc1. The number of nitrogens with zero attached hydrogens (tertiary/aromatic N) is 3. The van der Waals surface area contributed by atoms with Gasteiger partial charge in [-0.1, -0.05) is 54.1 Å².